The number of thioether (sulfide) groups is 1. The highest BCUT2D eigenvalue weighted by molar-refractivity contribution is 8.00. The summed E-state index contributed by atoms with van der Waals surface area (Å²) in [5, 5.41) is 7.00. The van der Waals surface area contributed by atoms with Gasteiger partial charge in [0.1, 0.15) is 5.76 Å². The second kappa shape index (κ2) is 5.84. The SMILES string of the molecule is Cc1cc(NC(=O)[C@H](C)Sc2nc3ccccc3n2C)no1. The summed E-state index contributed by atoms with van der Waals surface area (Å²) in [6.45, 7) is 3.62. The van der Waals surface area contributed by atoms with E-state index in [9.17, 15) is 4.79 Å². The minimum absolute atomic E-state index is 0.134. The Morgan fingerprint density at radius 1 is 1.41 bits per heavy atom. The first-order valence-electron chi connectivity index (χ1n) is 6.87. The Balaban J connectivity index is 1.73. The topological polar surface area (TPSA) is 73.0 Å². The molecule has 0 fully saturated rings. The Morgan fingerprint density at radius 3 is 2.86 bits per heavy atom. The first-order valence-corrected chi connectivity index (χ1v) is 7.75. The molecule has 0 saturated heterocycles. The number of hydrogen-bond acceptors (Lipinski definition) is 5. The van der Waals surface area contributed by atoms with Crippen LogP contribution in [-0.2, 0) is 11.8 Å². The second-order valence-electron chi connectivity index (χ2n) is 5.01. The summed E-state index contributed by atoms with van der Waals surface area (Å²) in [5.41, 5.74) is 1.97. The molecule has 0 aliphatic heterocycles. The zero-order chi connectivity index (χ0) is 15.7. The Hall–Kier alpha value is -2.28. The maximum atomic E-state index is 12.2. The monoisotopic (exact) mass is 316 g/mol. The molecule has 1 aromatic carbocycles. The molecule has 0 spiro atoms. The van der Waals surface area contributed by atoms with Gasteiger partial charge in [0.05, 0.1) is 16.3 Å². The van der Waals surface area contributed by atoms with Crippen LogP contribution in [0, 0.1) is 6.92 Å². The number of hydrogen-bond donors (Lipinski definition) is 1. The van der Waals surface area contributed by atoms with Crippen LogP contribution >= 0.6 is 11.8 Å². The number of carbonyl (C=O) groups excluding carboxylic acids is 1. The van der Waals surface area contributed by atoms with Crippen LogP contribution < -0.4 is 5.32 Å². The van der Waals surface area contributed by atoms with E-state index in [2.05, 4.69) is 15.5 Å². The molecule has 2 heterocycles. The molecule has 3 aromatic rings. The van der Waals surface area contributed by atoms with Gasteiger partial charge in [0.25, 0.3) is 0 Å². The Morgan fingerprint density at radius 2 is 2.18 bits per heavy atom. The molecule has 0 aliphatic rings. The van der Waals surface area contributed by atoms with Crippen molar-refractivity contribution in [3.05, 3.63) is 36.1 Å². The molecule has 22 heavy (non-hydrogen) atoms. The molecular formula is C15H16N4O2S. The first-order chi connectivity index (χ1) is 10.5. The molecule has 0 radical (unpaired) electrons. The summed E-state index contributed by atoms with van der Waals surface area (Å²) < 4.78 is 6.92. The Labute approximate surface area is 131 Å². The van der Waals surface area contributed by atoms with Crippen molar-refractivity contribution in [3.8, 4) is 0 Å². The largest absolute Gasteiger partial charge is 0.360 e. The lowest BCUT2D eigenvalue weighted by Crippen LogP contribution is -2.22. The maximum absolute atomic E-state index is 12.2. The zero-order valence-electron chi connectivity index (χ0n) is 12.5. The van der Waals surface area contributed by atoms with Crippen molar-refractivity contribution >= 4 is 34.5 Å². The molecule has 3 rings (SSSR count). The van der Waals surface area contributed by atoms with E-state index in [1.807, 2.05) is 42.8 Å². The molecule has 6 nitrogen and oxygen atoms in total. The van der Waals surface area contributed by atoms with Gasteiger partial charge in [0, 0.05) is 13.1 Å². The molecule has 0 bridgehead atoms. The highest BCUT2D eigenvalue weighted by atomic mass is 32.2. The summed E-state index contributed by atoms with van der Waals surface area (Å²) >= 11 is 1.41. The molecule has 1 N–H and O–H groups in total. The number of carbonyl (C=O) groups is 1. The fourth-order valence-corrected chi connectivity index (χ4v) is 2.98. The molecule has 1 atom stereocenters. The lowest BCUT2D eigenvalue weighted by atomic mass is 10.3. The van der Waals surface area contributed by atoms with Crippen molar-refractivity contribution in [1.29, 1.82) is 0 Å². The van der Waals surface area contributed by atoms with Crippen LogP contribution in [0.15, 0.2) is 40.0 Å². The van der Waals surface area contributed by atoms with Crippen LogP contribution in [0.2, 0.25) is 0 Å². The summed E-state index contributed by atoms with van der Waals surface area (Å²) in [5.74, 6) is 0.955. The average Bonchev–Trinajstić information content (AvgIpc) is 3.04. The highest BCUT2D eigenvalue weighted by Gasteiger charge is 2.19. The lowest BCUT2D eigenvalue weighted by molar-refractivity contribution is -0.115. The van der Waals surface area contributed by atoms with E-state index >= 15 is 0 Å². The number of aromatic nitrogens is 3. The molecule has 2 aromatic heterocycles. The van der Waals surface area contributed by atoms with Gasteiger partial charge in [0.2, 0.25) is 5.91 Å². The zero-order valence-corrected chi connectivity index (χ0v) is 13.3. The second-order valence-corrected chi connectivity index (χ2v) is 6.32. The molecule has 0 saturated carbocycles. The summed E-state index contributed by atoms with van der Waals surface area (Å²) in [7, 11) is 1.95. The Bertz CT molecular complexity index is 824. The van der Waals surface area contributed by atoms with Gasteiger partial charge >= 0.3 is 0 Å². The summed E-state index contributed by atoms with van der Waals surface area (Å²) in [4.78, 5) is 16.8. The highest BCUT2D eigenvalue weighted by Crippen LogP contribution is 2.26. The molecule has 1 amide bonds. The number of nitrogens with zero attached hydrogens (tertiary/aromatic N) is 3. The van der Waals surface area contributed by atoms with E-state index in [1.165, 1.54) is 11.8 Å². The van der Waals surface area contributed by atoms with Gasteiger partial charge in [-0.2, -0.15) is 0 Å². The summed E-state index contributed by atoms with van der Waals surface area (Å²) in [6, 6.07) is 9.58. The number of imidazole rings is 1. The van der Waals surface area contributed by atoms with E-state index in [0.29, 0.717) is 11.6 Å². The van der Waals surface area contributed by atoms with Crippen molar-refractivity contribution < 1.29 is 9.32 Å². The van der Waals surface area contributed by atoms with Crippen molar-refractivity contribution in [2.24, 2.45) is 7.05 Å². The van der Waals surface area contributed by atoms with Gasteiger partial charge in [-0.05, 0) is 26.0 Å². The van der Waals surface area contributed by atoms with Gasteiger partial charge in [-0.25, -0.2) is 4.98 Å². The lowest BCUT2D eigenvalue weighted by Gasteiger charge is -2.09. The van der Waals surface area contributed by atoms with E-state index < -0.39 is 0 Å². The number of anilines is 1. The number of rotatable bonds is 4. The van der Waals surface area contributed by atoms with Gasteiger partial charge in [0.15, 0.2) is 11.0 Å². The van der Waals surface area contributed by atoms with Crippen LogP contribution in [0.25, 0.3) is 11.0 Å². The third kappa shape index (κ3) is 2.85. The van der Waals surface area contributed by atoms with Crippen molar-refractivity contribution in [2.75, 3.05) is 5.32 Å². The number of benzene rings is 1. The average molecular weight is 316 g/mol. The van der Waals surface area contributed by atoms with E-state index in [0.717, 1.165) is 16.2 Å². The Kier molecular flexibility index (Phi) is 3.89. The van der Waals surface area contributed by atoms with Crippen LogP contribution in [0.5, 0.6) is 0 Å². The van der Waals surface area contributed by atoms with Crippen molar-refractivity contribution in [3.63, 3.8) is 0 Å². The molecule has 0 unspecified atom stereocenters. The molecule has 0 aliphatic carbocycles. The number of fused-ring (bicyclic) bond motifs is 1. The van der Waals surface area contributed by atoms with Gasteiger partial charge in [-0.1, -0.05) is 29.1 Å². The van der Waals surface area contributed by atoms with Crippen LogP contribution in [0.1, 0.15) is 12.7 Å². The fourth-order valence-electron chi connectivity index (χ4n) is 2.09. The number of aryl methyl sites for hydroxylation is 2. The first kappa shape index (κ1) is 14.6. The molecular weight excluding hydrogens is 300 g/mol. The van der Waals surface area contributed by atoms with Crippen LogP contribution in [-0.4, -0.2) is 25.9 Å². The van der Waals surface area contributed by atoms with E-state index in [4.69, 9.17) is 4.52 Å². The number of nitrogens with one attached hydrogen (secondary N) is 1. The number of amides is 1. The third-order valence-corrected chi connectivity index (χ3v) is 4.42. The van der Waals surface area contributed by atoms with Crippen molar-refractivity contribution in [1.82, 2.24) is 14.7 Å². The van der Waals surface area contributed by atoms with Gasteiger partial charge in [-0.15, -0.1) is 0 Å². The quantitative estimate of drug-likeness (QED) is 0.749. The van der Waals surface area contributed by atoms with Crippen LogP contribution in [0.4, 0.5) is 5.82 Å². The van der Waals surface area contributed by atoms with E-state index in [1.54, 1.807) is 13.0 Å². The normalized spacial score (nSPS) is 12.5. The van der Waals surface area contributed by atoms with Gasteiger partial charge < -0.3 is 14.4 Å². The van der Waals surface area contributed by atoms with Crippen LogP contribution in [0.3, 0.4) is 0 Å². The molecule has 114 valence electrons. The maximum Gasteiger partial charge on any atom is 0.238 e. The third-order valence-electron chi connectivity index (χ3n) is 3.28. The van der Waals surface area contributed by atoms with Gasteiger partial charge in [-0.3, -0.25) is 4.79 Å². The smallest absolute Gasteiger partial charge is 0.238 e. The predicted molar refractivity (Wildman–Crippen MR) is 85.9 cm³/mol. The number of para-hydroxylation sites is 2. The minimum atomic E-state index is -0.299. The van der Waals surface area contributed by atoms with E-state index in [-0.39, 0.29) is 11.2 Å². The minimum Gasteiger partial charge on any atom is -0.360 e. The fraction of sp³-hybridized carbons (Fsp3) is 0.267. The predicted octanol–water partition coefficient (Wildman–Crippen LogP) is 2.99. The standard InChI is InChI=1S/C15H16N4O2S/c1-9-8-13(18-21-9)17-14(20)10(2)22-15-16-11-6-4-5-7-12(11)19(15)3/h4-8,10H,1-3H3,(H,17,18,20)/t10-/m0/s1. The van der Waals surface area contributed by atoms with Crippen molar-refractivity contribution in [2.45, 2.75) is 24.3 Å². The summed E-state index contributed by atoms with van der Waals surface area (Å²) in [6.07, 6.45) is 0. The molecule has 7 heteroatoms.